The van der Waals surface area contributed by atoms with Crippen LogP contribution in [0.15, 0.2) is 0 Å². The fraction of sp³-hybridized carbons (Fsp3) is 0.929. The van der Waals surface area contributed by atoms with Crippen LogP contribution < -0.4 is 5.73 Å². The molecule has 18 heavy (non-hydrogen) atoms. The molecule has 4 heteroatoms. The second-order valence-corrected chi connectivity index (χ2v) is 5.78. The van der Waals surface area contributed by atoms with Crippen LogP contribution in [0.4, 0.5) is 0 Å². The van der Waals surface area contributed by atoms with Crippen molar-refractivity contribution in [1.29, 1.82) is 0 Å². The van der Waals surface area contributed by atoms with Crippen LogP contribution in [0.25, 0.3) is 0 Å². The molecule has 0 aromatic heterocycles. The number of carbonyl (C=O) groups excluding carboxylic acids is 1. The van der Waals surface area contributed by atoms with Crippen molar-refractivity contribution in [3.63, 3.8) is 0 Å². The molecule has 0 spiro atoms. The summed E-state index contributed by atoms with van der Waals surface area (Å²) in [6.07, 6.45) is 5.83. The Balaban J connectivity index is 1.77. The van der Waals surface area contributed by atoms with Gasteiger partial charge in [0.2, 0.25) is 5.91 Å². The van der Waals surface area contributed by atoms with Gasteiger partial charge in [0.25, 0.3) is 0 Å². The van der Waals surface area contributed by atoms with Crippen LogP contribution >= 0.6 is 0 Å². The number of hydrogen-bond acceptors (Lipinski definition) is 3. The molecule has 0 radical (unpaired) electrons. The third-order valence-corrected chi connectivity index (χ3v) is 4.45. The fourth-order valence-electron chi connectivity index (χ4n) is 3.24. The van der Waals surface area contributed by atoms with E-state index in [1.807, 2.05) is 11.8 Å². The Morgan fingerprint density at radius 1 is 1.22 bits per heavy atom. The predicted molar refractivity (Wildman–Crippen MR) is 73.2 cm³/mol. The van der Waals surface area contributed by atoms with E-state index in [0.29, 0.717) is 12.5 Å². The van der Waals surface area contributed by atoms with Gasteiger partial charge in [0.15, 0.2) is 0 Å². The lowest BCUT2D eigenvalue weighted by atomic mass is 10.0. The van der Waals surface area contributed by atoms with Gasteiger partial charge < -0.3 is 15.5 Å². The smallest absolute Gasteiger partial charge is 0.225 e. The standard InChI is InChI=1S/C14H27N3O/c1-12(4-7-15)14(18)17-10-5-13(6-11-17)16-8-2-3-9-16/h12-13H,2-11,15H2,1H3. The van der Waals surface area contributed by atoms with E-state index in [9.17, 15) is 4.79 Å². The first-order valence-electron chi connectivity index (χ1n) is 7.45. The summed E-state index contributed by atoms with van der Waals surface area (Å²) in [5.74, 6) is 0.402. The minimum Gasteiger partial charge on any atom is -0.342 e. The Hall–Kier alpha value is -0.610. The van der Waals surface area contributed by atoms with Crippen molar-refractivity contribution in [2.24, 2.45) is 11.7 Å². The maximum absolute atomic E-state index is 12.2. The summed E-state index contributed by atoms with van der Waals surface area (Å²) in [4.78, 5) is 16.8. The number of carbonyl (C=O) groups is 1. The van der Waals surface area contributed by atoms with Crippen LogP contribution in [0.3, 0.4) is 0 Å². The number of nitrogens with two attached hydrogens (primary N) is 1. The van der Waals surface area contributed by atoms with Crippen molar-refractivity contribution in [2.75, 3.05) is 32.7 Å². The van der Waals surface area contributed by atoms with Crippen molar-refractivity contribution >= 4 is 5.91 Å². The number of nitrogens with zero attached hydrogens (tertiary/aromatic N) is 2. The number of amides is 1. The van der Waals surface area contributed by atoms with E-state index in [2.05, 4.69) is 4.90 Å². The minimum atomic E-state index is 0.0957. The molecule has 2 heterocycles. The molecule has 1 unspecified atom stereocenters. The van der Waals surface area contributed by atoms with Crippen LogP contribution in [0, 0.1) is 5.92 Å². The average Bonchev–Trinajstić information content (AvgIpc) is 2.92. The molecule has 0 saturated carbocycles. The lowest BCUT2D eigenvalue weighted by molar-refractivity contribution is -0.136. The molecule has 2 fully saturated rings. The monoisotopic (exact) mass is 253 g/mol. The summed E-state index contributed by atoms with van der Waals surface area (Å²) in [5.41, 5.74) is 5.52. The van der Waals surface area contributed by atoms with Gasteiger partial charge in [-0.2, -0.15) is 0 Å². The molecule has 0 aromatic rings. The molecule has 0 aromatic carbocycles. The van der Waals surface area contributed by atoms with E-state index in [0.717, 1.165) is 38.4 Å². The number of likely N-dealkylation sites (tertiary alicyclic amines) is 2. The third-order valence-electron chi connectivity index (χ3n) is 4.45. The Bertz CT molecular complexity index is 268. The second kappa shape index (κ2) is 6.53. The zero-order valence-electron chi connectivity index (χ0n) is 11.6. The summed E-state index contributed by atoms with van der Waals surface area (Å²) in [6, 6.07) is 0.723. The van der Waals surface area contributed by atoms with E-state index in [1.54, 1.807) is 0 Å². The summed E-state index contributed by atoms with van der Waals surface area (Å²) in [7, 11) is 0. The van der Waals surface area contributed by atoms with Gasteiger partial charge in [-0.1, -0.05) is 6.92 Å². The summed E-state index contributed by atoms with van der Waals surface area (Å²) in [6.45, 7) is 7.02. The Morgan fingerprint density at radius 2 is 1.83 bits per heavy atom. The summed E-state index contributed by atoms with van der Waals surface area (Å²) >= 11 is 0. The number of rotatable bonds is 4. The van der Waals surface area contributed by atoms with Gasteiger partial charge in [-0.15, -0.1) is 0 Å². The molecule has 0 bridgehead atoms. The SMILES string of the molecule is CC(CCN)C(=O)N1CCC(N2CCCC2)CC1. The zero-order valence-corrected chi connectivity index (χ0v) is 11.6. The molecule has 4 nitrogen and oxygen atoms in total. The van der Waals surface area contributed by atoms with E-state index < -0.39 is 0 Å². The van der Waals surface area contributed by atoms with Crippen LogP contribution in [0.2, 0.25) is 0 Å². The van der Waals surface area contributed by atoms with Crippen LogP contribution in [0.5, 0.6) is 0 Å². The Labute approximate surface area is 110 Å². The summed E-state index contributed by atoms with van der Waals surface area (Å²) < 4.78 is 0. The van der Waals surface area contributed by atoms with Gasteiger partial charge in [-0.3, -0.25) is 4.79 Å². The van der Waals surface area contributed by atoms with Crippen molar-refractivity contribution in [3.05, 3.63) is 0 Å². The highest BCUT2D eigenvalue weighted by Crippen LogP contribution is 2.22. The molecule has 1 atom stereocenters. The van der Waals surface area contributed by atoms with Crippen LogP contribution in [-0.2, 0) is 4.79 Å². The normalized spacial score (nSPS) is 24.4. The van der Waals surface area contributed by atoms with E-state index in [-0.39, 0.29) is 5.92 Å². The Kier molecular flexibility index (Phi) is 5.01. The molecule has 2 saturated heterocycles. The van der Waals surface area contributed by atoms with E-state index >= 15 is 0 Å². The van der Waals surface area contributed by atoms with E-state index in [4.69, 9.17) is 5.73 Å². The lowest BCUT2D eigenvalue weighted by Gasteiger charge is -2.37. The fourth-order valence-corrected chi connectivity index (χ4v) is 3.24. The third kappa shape index (κ3) is 3.23. The van der Waals surface area contributed by atoms with Crippen LogP contribution in [-0.4, -0.2) is 54.5 Å². The molecule has 2 aliphatic heterocycles. The van der Waals surface area contributed by atoms with Gasteiger partial charge in [0.05, 0.1) is 0 Å². The molecular weight excluding hydrogens is 226 g/mol. The first kappa shape index (κ1) is 13.8. The molecule has 104 valence electrons. The Morgan fingerprint density at radius 3 is 2.39 bits per heavy atom. The first-order chi connectivity index (χ1) is 8.72. The number of piperidine rings is 1. The molecule has 0 aliphatic carbocycles. The van der Waals surface area contributed by atoms with Gasteiger partial charge in [0, 0.05) is 25.0 Å². The first-order valence-corrected chi connectivity index (χ1v) is 7.45. The van der Waals surface area contributed by atoms with E-state index in [1.165, 1.54) is 25.9 Å². The van der Waals surface area contributed by atoms with Gasteiger partial charge >= 0.3 is 0 Å². The highest BCUT2D eigenvalue weighted by molar-refractivity contribution is 5.78. The largest absolute Gasteiger partial charge is 0.342 e. The summed E-state index contributed by atoms with van der Waals surface area (Å²) in [5, 5.41) is 0. The van der Waals surface area contributed by atoms with Crippen molar-refractivity contribution in [2.45, 2.75) is 45.1 Å². The maximum atomic E-state index is 12.2. The van der Waals surface area contributed by atoms with Crippen LogP contribution in [0.1, 0.15) is 39.0 Å². The maximum Gasteiger partial charge on any atom is 0.225 e. The number of hydrogen-bond donors (Lipinski definition) is 1. The zero-order chi connectivity index (χ0) is 13.0. The van der Waals surface area contributed by atoms with Gasteiger partial charge in [0.1, 0.15) is 0 Å². The molecule has 2 N–H and O–H groups in total. The molecule has 2 rings (SSSR count). The van der Waals surface area contributed by atoms with Crippen molar-refractivity contribution in [1.82, 2.24) is 9.80 Å². The van der Waals surface area contributed by atoms with Gasteiger partial charge in [-0.05, 0) is 51.7 Å². The topological polar surface area (TPSA) is 49.6 Å². The molecule has 2 aliphatic rings. The highest BCUT2D eigenvalue weighted by atomic mass is 16.2. The quantitative estimate of drug-likeness (QED) is 0.815. The minimum absolute atomic E-state index is 0.0957. The lowest BCUT2D eigenvalue weighted by Crippen LogP contribution is -2.47. The highest BCUT2D eigenvalue weighted by Gasteiger charge is 2.29. The predicted octanol–water partition coefficient (Wildman–Crippen LogP) is 1.06. The van der Waals surface area contributed by atoms with Gasteiger partial charge in [-0.25, -0.2) is 0 Å². The second-order valence-electron chi connectivity index (χ2n) is 5.78. The molecular formula is C14H27N3O. The average molecular weight is 253 g/mol. The van der Waals surface area contributed by atoms with Crippen molar-refractivity contribution < 1.29 is 4.79 Å². The molecule has 1 amide bonds. The van der Waals surface area contributed by atoms with Crippen molar-refractivity contribution in [3.8, 4) is 0 Å².